The summed E-state index contributed by atoms with van der Waals surface area (Å²) >= 11 is 0. The predicted octanol–water partition coefficient (Wildman–Crippen LogP) is 0.639. The number of rotatable bonds is 7. The highest BCUT2D eigenvalue weighted by atomic mass is 16.4. The molecule has 0 radical (unpaired) electrons. The fourth-order valence-corrected chi connectivity index (χ4v) is 2.29. The van der Waals surface area contributed by atoms with Crippen LogP contribution in [0.3, 0.4) is 0 Å². The van der Waals surface area contributed by atoms with Crippen LogP contribution in [0.1, 0.15) is 18.4 Å². The lowest BCUT2D eigenvalue weighted by Crippen LogP contribution is -2.35. The molecule has 0 saturated carbocycles. The number of hydrogen-bond acceptors (Lipinski definition) is 6. The van der Waals surface area contributed by atoms with E-state index in [1.54, 1.807) is 18.2 Å². The van der Waals surface area contributed by atoms with Crippen molar-refractivity contribution in [2.24, 2.45) is 16.6 Å². The number of nitrogens with two attached hydrogens (primary N) is 2. The van der Waals surface area contributed by atoms with E-state index >= 15 is 0 Å². The van der Waals surface area contributed by atoms with Crippen LogP contribution in [-0.2, 0) is 4.79 Å². The first-order valence-corrected chi connectivity index (χ1v) is 7.56. The zero-order chi connectivity index (χ0) is 17.5. The van der Waals surface area contributed by atoms with Crippen LogP contribution >= 0.6 is 0 Å². The van der Waals surface area contributed by atoms with Gasteiger partial charge in [-0.05, 0) is 37.5 Å². The molecule has 1 amide bonds. The normalized spacial score (nSPS) is 12.5. The molecule has 0 aliphatic carbocycles. The number of carbonyl (C=O) groups is 1. The fourth-order valence-electron chi connectivity index (χ4n) is 2.29. The molecule has 8 nitrogen and oxygen atoms in total. The molecule has 0 saturated heterocycles. The number of nitrogens with zero attached hydrogens (tertiary/aromatic N) is 1. The summed E-state index contributed by atoms with van der Waals surface area (Å²) < 4.78 is 5.16. The molecule has 1 heterocycles. The molecule has 0 aliphatic heterocycles. The average Bonchev–Trinajstić information content (AvgIpc) is 2.53. The van der Waals surface area contributed by atoms with E-state index in [1.807, 2.05) is 6.92 Å². The van der Waals surface area contributed by atoms with Crippen molar-refractivity contribution in [1.82, 2.24) is 5.43 Å². The Balaban J connectivity index is 1.99. The molecule has 0 bridgehead atoms. The summed E-state index contributed by atoms with van der Waals surface area (Å²) in [5.41, 5.74) is 9.52. The van der Waals surface area contributed by atoms with Crippen molar-refractivity contribution in [3.05, 3.63) is 40.2 Å². The summed E-state index contributed by atoms with van der Waals surface area (Å²) in [4.78, 5) is 27.5. The summed E-state index contributed by atoms with van der Waals surface area (Å²) in [6.45, 7) is 2.36. The van der Waals surface area contributed by atoms with E-state index < -0.39 is 11.7 Å². The van der Waals surface area contributed by atoms with Gasteiger partial charge in [-0.15, -0.1) is 0 Å². The number of nitrogens with one attached hydrogen (secondary N) is 2. The first kappa shape index (κ1) is 17.6. The van der Waals surface area contributed by atoms with Crippen molar-refractivity contribution in [3.63, 3.8) is 0 Å². The molecule has 6 N–H and O–H groups in total. The highest BCUT2D eigenvalue weighted by Crippen LogP contribution is 2.20. The number of hydrogen-bond donors (Lipinski definition) is 4. The Hall–Kier alpha value is -2.71. The standard InChI is InChI=1S/C16H21N5O3/c1-10-7-15(22)24-14-8-11(4-5-12(10)14)21-16(23)13(17)3-2-6-19-9-20-18/h4-5,7-9,13H,2-3,6,17-18H2,1H3,(H,19,20)(H,21,23). The summed E-state index contributed by atoms with van der Waals surface area (Å²) in [6, 6.07) is 5.94. The van der Waals surface area contributed by atoms with Gasteiger partial charge in [0.25, 0.3) is 0 Å². The zero-order valence-electron chi connectivity index (χ0n) is 13.4. The van der Waals surface area contributed by atoms with Crippen LogP contribution in [0.15, 0.2) is 38.5 Å². The molecule has 0 spiro atoms. The Kier molecular flexibility index (Phi) is 6.05. The molecule has 2 aromatic rings. The summed E-state index contributed by atoms with van der Waals surface area (Å²) in [7, 11) is 0. The second kappa shape index (κ2) is 8.23. The number of benzene rings is 1. The quantitative estimate of drug-likeness (QED) is 0.147. The maximum Gasteiger partial charge on any atom is 0.336 e. The van der Waals surface area contributed by atoms with Crippen LogP contribution in [0.5, 0.6) is 0 Å². The van der Waals surface area contributed by atoms with E-state index in [0.717, 1.165) is 10.9 Å². The molecule has 8 heteroatoms. The first-order valence-electron chi connectivity index (χ1n) is 7.56. The van der Waals surface area contributed by atoms with E-state index in [9.17, 15) is 9.59 Å². The smallest absolute Gasteiger partial charge is 0.336 e. The molecule has 1 atom stereocenters. The molecule has 128 valence electrons. The molecular weight excluding hydrogens is 310 g/mol. The average molecular weight is 331 g/mol. The van der Waals surface area contributed by atoms with E-state index in [-0.39, 0.29) is 5.91 Å². The van der Waals surface area contributed by atoms with Gasteiger partial charge in [-0.2, -0.15) is 0 Å². The summed E-state index contributed by atoms with van der Waals surface area (Å²) in [5, 5.41) is 3.55. The topological polar surface area (TPSA) is 136 Å². The number of amides is 1. The number of anilines is 1. The molecule has 0 aliphatic rings. The molecule has 2 rings (SSSR count). The van der Waals surface area contributed by atoms with E-state index in [4.69, 9.17) is 16.0 Å². The Morgan fingerprint density at radius 1 is 1.42 bits per heavy atom. The fraction of sp³-hybridized carbons (Fsp3) is 0.312. The van der Waals surface area contributed by atoms with Gasteiger partial charge in [0, 0.05) is 29.8 Å². The third-order valence-electron chi connectivity index (χ3n) is 3.52. The maximum absolute atomic E-state index is 12.1. The predicted molar refractivity (Wildman–Crippen MR) is 93.7 cm³/mol. The number of aryl methyl sites for hydroxylation is 1. The van der Waals surface area contributed by atoms with Crippen molar-refractivity contribution < 1.29 is 9.21 Å². The first-order chi connectivity index (χ1) is 11.5. The Morgan fingerprint density at radius 2 is 2.21 bits per heavy atom. The van der Waals surface area contributed by atoms with Gasteiger partial charge in [0.1, 0.15) is 5.58 Å². The molecule has 0 fully saturated rings. The maximum atomic E-state index is 12.1. The molecule has 1 aromatic carbocycles. The van der Waals surface area contributed by atoms with Crippen molar-refractivity contribution in [3.8, 4) is 0 Å². The second-order valence-electron chi connectivity index (χ2n) is 5.40. The number of fused-ring (bicyclic) bond motifs is 1. The van der Waals surface area contributed by atoms with Crippen LogP contribution in [0.2, 0.25) is 0 Å². The van der Waals surface area contributed by atoms with Gasteiger partial charge in [0.05, 0.1) is 12.4 Å². The van der Waals surface area contributed by atoms with E-state index in [1.165, 1.54) is 12.4 Å². The van der Waals surface area contributed by atoms with Crippen molar-refractivity contribution in [2.75, 3.05) is 11.9 Å². The number of carbonyl (C=O) groups excluding carboxylic acids is 1. The van der Waals surface area contributed by atoms with Gasteiger partial charge in [-0.1, -0.05) is 0 Å². The Labute approximate surface area is 138 Å². The van der Waals surface area contributed by atoms with Crippen LogP contribution in [0, 0.1) is 6.92 Å². The monoisotopic (exact) mass is 331 g/mol. The summed E-state index contributed by atoms with van der Waals surface area (Å²) in [6.07, 6.45) is 2.55. The minimum absolute atomic E-state index is 0.301. The molecule has 1 unspecified atom stereocenters. The minimum Gasteiger partial charge on any atom is -0.423 e. The van der Waals surface area contributed by atoms with Gasteiger partial charge in [-0.3, -0.25) is 9.79 Å². The van der Waals surface area contributed by atoms with Crippen LogP contribution in [0.25, 0.3) is 11.0 Å². The SMILES string of the molecule is Cc1cc(=O)oc2cc(NC(=O)C(N)CCCN=CNN)ccc12. The third kappa shape index (κ3) is 4.64. The van der Waals surface area contributed by atoms with Crippen molar-refractivity contribution in [2.45, 2.75) is 25.8 Å². The van der Waals surface area contributed by atoms with Gasteiger partial charge in [0.15, 0.2) is 0 Å². The van der Waals surface area contributed by atoms with Crippen LogP contribution < -0.4 is 27.9 Å². The van der Waals surface area contributed by atoms with Crippen molar-refractivity contribution in [1.29, 1.82) is 0 Å². The number of aliphatic imine (C=N–C) groups is 1. The zero-order valence-corrected chi connectivity index (χ0v) is 13.4. The highest BCUT2D eigenvalue weighted by molar-refractivity contribution is 5.96. The van der Waals surface area contributed by atoms with Crippen molar-refractivity contribution >= 4 is 28.9 Å². The lowest BCUT2D eigenvalue weighted by molar-refractivity contribution is -0.117. The van der Waals surface area contributed by atoms with Crippen LogP contribution in [0.4, 0.5) is 5.69 Å². The lowest BCUT2D eigenvalue weighted by Gasteiger charge is -2.12. The molecule has 1 aromatic heterocycles. The lowest BCUT2D eigenvalue weighted by atomic mass is 10.1. The van der Waals surface area contributed by atoms with E-state index in [2.05, 4.69) is 15.7 Å². The number of hydrazine groups is 1. The van der Waals surface area contributed by atoms with Gasteiger partial charge >= 0.3 is 5.63 Å². The van der Waals surface area contributed by atoms with Gasteiger partial charge in [0.2, 0.25) is 5.91 Å². The largest absolute Gasteiger partial charge is 0.423 e. The summed E-state index contributed by atoms with van der Waals surface area (Å²) in [5.74, 6) is 4.75. The molecule has 24 heavy (non-hydrogen) atoms. The minimum atomic E-state index is -0.647. The van der Waals surface area contributed by atoms with E-state index in [0.29, 0.717) is 30.7 Å². The Morgan fingerprint density at radius 3 is 2.96 bits per heavy atom. The van der Waals surface area contributed by atoms with Gasteiger partial charge in [-0.25, -0.2) is 10.6 Å². The second-order valence-corrected chi connectivity index (χ2v) is 5.40. The van der Waals surface area contributed by atoms with Gasteiger partial charge < -0.3 is 20.9 Å². The third-order valence-corrected chi connectivity index (χ3v) is 3.52. The molecular formula is C16H21N5O3. The van der Waals surface area contributed by atoms with Crippen LogP contribution in [-0.4, -0.2) is 24.8 Å². The Bertz CT molecular complexity index is 800. The highest BCUT2D eigenvalue weighted by Gasteiger charge is 2.13.